The van der Waals surface area contributed by atoms with Crippen LogP contribution in [0.15, 0.2) is 29.2 Å². The zero-order valence-corrected chi connectivity index (χ0v) is 17.5. The third kappa shape index (κ3) is 4.23. The molecule has 0 unspecified atom stereocenters. The summed E-state index contributed by atoms with van der Waals surface area (Å²) in [5.74, 6) is -3.73. The number of hydrogen-bond donors (Lipinski definition) is 2. The van der Waals surface area contributed by atoms with Gasteiger partial charge in [-0.15, -0.1) is 0 Å². The number of nitrogens with one attached hydrogen (secondary N) is 1. The molecule has 31 heavy (non-hydrogen) atoms. The number of aromatic nitrogens is 1. The summed E-state index contributed by atoms with van der Waals surface area (Å²) in [5, 5.41) is 12.8. The summed E-state index contributed by atoms with van der Waals surface area (Å²) in [6.45, 7) is 5.60. The Balaban J connectivity index is 1.91. The summed E-state index contributed by atoms with van der Waals surface area (Å²) in [7, 11) is 0. The molecule has 9 heteroatoms. The number of rotatable bonds is 6. The fraction of sp³-hybridized carbons (Fsp3) is 0.409. The Bertz CT molecular complexity index is 1090. The van der Waals surface area contributed by atoms with Crippen LogP contribution in [0.1, 0.15) is 53.6 Å². The van der Waals surface area contributed by atoms with Crippen LogP contribution in [0.4, 0.5) is 8.78 Å². The lowest BCUT2D eigenvalue weighted by molar-refractivity contribution is -0.0327. The van der Waals surface area contributed by atoms with Gasteiger partial charge in [-0.25, -0.2) is 8.78 Å². The molecule has 2 heterocycles. The third-order valence-corrected chi connectivity index (χ3v) is 5.45. The van der Waals surface area contributed by atoms with Crippen LogP contribution in [0.2, 0.25) is 0 Å². The second kappa shape index (κ2) is 8.58. The van der Waals surface area contributed by atoms with E-state index >= 15 is 0 Å². The predicted octanol–water partition coefficient (Wildman–Crippen LogP) is 2.78. The molecule has 1 atom stereocenters. The first-order valence-corrected chi connectivity index (χ1v) is 9.92. The number of benzene rings is 1. The number of aromatic hydroxyl groups is 1. The number of halogens is 2. The van der Waals surface area contributed by atoms with Crippen LogP contribution in [-0.4, -0.2) is 34.1 Å². The van der Waals surface area contributed by atoms with Crippen molar-refractivity contribution in [2.45, 2.75) is 46.4 Å². The molecule has 1 aliphatic heterocycles. The minimum atomic E-state index is -1.000. The van der Waals surface area contributed by atoms with E-state index in [-0.39, 0.29) is 24.3 Å². The number of nitrogens with zero attached hydrogens (tertiary/aromatic N) is 1. The molecule has 1 aromatic heterocycles. The molecule has 3 rings (SSSR count). The SMILES string of the molecule is CCCO[C@H]1Cn2cc(C(=O)NCc3ccc(F)cc3F)c(=O)c(O)c2C(=O)C1(C)C. The molecule has 0 saturated carbocycles. The van der Waals surface area contributed by atoms with E-state index in [1.54, 1.807) is 13.8 Å². The van der Waals surface area contributed by atoms with E-state index in [1.165, 1.54) is 16.8 Å². The van der Waals surface area contributed by atoms with Crippen LogP contribution in [0.5, 0.6) is 5.75 Å². The maximum atomic E-state index is 13.8. The first-order valence-electron chi connectivity index (χ1n) is 9.92. The number of amides is 1. The van der Waals surface area contributed by atoms with Gasteiger partial charge in [-0.05, 0) is 26.3 Å². The Kier molecular flexibility index (Phi) is 6.26. The van der Waals surface area contributed by atoms with E-state index in [1.807, 2.05) is 6.92 Å². The summed E-state index contributed by atoms with van der Waals surface area (Å²) < 4.78 is 34.0. The Hall–Kier alpha value is -3.07. The lowest BCUT2D eigenvalue weighted by Gasteiger charge is -2.39. The fourth-order valence-electron chi connectivity index (χ4n) is 3.51. The second-order valence-corrected chi connectivity index (χ2v) is 8.05. The molecule has 0 saturated heterocycles. The van der Waals surface area contributed by atoms with Gasteiger partial charge in [0.05, 0.1) is 18.1 Å². The highest BCUT2D eigenvalue weighted by atomic mass is 19.1. The van der Waals surface area contributed by atoms with Crippen LogP contribution >= 0.6 is 0 Å². The molecule has 0 spiro atoms. The van der Waals surface area contributed by atoms with E-state index in [9.17, 15) is 28.3 Å². The summed E-state index contributed by atoms with van der Waals surface area (Å²) in [6.07, 6.45) is 1.43. The van der Waals surface area contributed by atoms with Gasteiger partial charge in [0.15, 0.2) is 11.5 Å². The van der Waals surface area contributed by atoms with Crippen molar-refractivity contribution in [1.29, 1.82) is 0 Å². The van der Waals surface area contributed by atoms with Gasteiger partial charge in [0.25, 0.3) is 5.91 Å². The van der Waals surface area contributed by atoms with Crippen molar-refractivity contribution >= 4 is 11.7 Å². The van der Waals surface area contributed by atoms with E-state index < -0.39 is 51.6 Å². The van der Waals surface area contributed by atoms with E-state index in [0.717, 1.165) is 12.5 Å². The Morgan fingerprint density at radius 2 is 2.03 bits per heavy atom. The molecule has 0 aliphatic carbocycles. The average Bonchev–Trinajstić information content (AvgIpc) is 2.71. The van der Waals surface area contributed by atoms with Crippen molar-refractivity contribution in [3.05, 3.63) is 63.1 Å². The zero-order chi connectivity index (χ0) is 22.9. The molecule has 1 aromatic carbocycles. The molecular formula is C22H24F2N2O5. The molecule has 0 radical (unpaired) electrons. The second-order valence-electron chi connectivity index (χ2n) is 8.05. The van der Waals surface area contributed by atoms with Crippen molar-refractivity contribution in [3.8, 4) is 5.75 Å². The van der Waals surface area contributed by atoms with Crippen LogP contribution in [-0.2, 0) is 17.8 Å². The van der Waals surface area contributed by atoms with Crippen LogP contribution in [0.3, 0.4) is 0 Å². The highest BCUT2D eigenvalue weighted by Gasteiger charge is 2.45. The largest absolute Gasteiger partial charge is 0.503 e. The minimum absolute atomic E-state index is 0.0296. The van der Waals surface area contributed by atoms with Crippen molar-refractivity contribution in [3.63, 3.8) is 0 Å². The van der Waals surface area contributed by atoms with Gasteiger partial charge in [0.2, 0.25) is 5.43 Å². The molecule has 7 nitrogen and oxygen atoms in total. The molecular weight excluding hydrogens is 410 g/mol. The van der Waals surface area contributed by atoms with Gasteiger partial charge in [-0.3, -0.25) is 14.4 Å². The Morgan fingerprint density at radius 3 is 2.68 bits per heavy atom. The quantitative estimate of drug-likeness (QED) is 0.729. The van der Waals surface area contributed by atoms with E-state index in [4.69, 9.17) is 4.74 Å². The molecule has 2 aromatic rings. The highest BCUT2D eigenvalue weighted by molar-refractivity contribution is 6.03. The van der Waals surface area contributed by atoms with Crippen LogP contribution in [0.25, 0.3) is 0 Å². The number of Topliss-reactive ketones (excluding diaryl/α,β-unsaturated/α-hetero) is 1. The minimum Gasteiger partial charge on any atom is -0.503 e. The van der Waals surface area contributed by atoms with E-state index in [0.29, 0.717) is 12.7 Å². The fourth-order valence-corrected chi connectivity index (χ4v) is 3.51. The van der Waals surface area contributed by atoms with Crippen LogP contribution in [0, 0.1) is 17.0 Å². The van der Waals surface area contributed by atoms with Crippen molar-refractivity contribution in [1.82, 2.24) is 9.88 Å². The summed E-state index contributed by atoms with van der Waals surface area (Å²) in [5.41, 5.74) is -2.51. The summed E-state index contributed by atoms with van der Waals surface area (Å²) in [6, 6.07) is 2.91. The number of ketones is 1. The topological polar surface area (TPSA) is 97.6 Å². The summed E-state index contributed by atoms with van der Waals surface area (Å²) in [4.78, 5) is 38.1. The molecule has 166 valence electrons. The number of carbonyl (C=O) groups is 2. The molecule has 2 N–H and O–H groups in total. The maximum absolute atomic E-state index is 13.8. The summed E-state index contributed by atoms with van der Waals surface area (Å²) >= 11 is 0. The van der Waals surface area contributed by atoms with Crippen molar-refractivity contribution in [2.24, 2.45) is 5.41 Å². The Labute approximate surface area is 177 Å². The predicted molar refractivity (Wildman–Crippen MR) is 108 cm³/mol. The van der Waals surface area contributed by atoms with Crippen LogP contribution < -0.4 is 10.7 Å². The lowest BCUT2D eigenvalue weighted by atomic mass is 9.77. The van der Waals surface area contributed by atoms with Gasteiger partial charge in [-0.2, -0.15) is 0 Å². The average molecular weight is 434 g/mol. The highest BCUT2D eigenvalue weighted by Crippen LogP contribution is 2.36. The number of pyridine rings is 1. The molecule has 1 aliphatic rings. The first kappa shape index (κ1) is 22.6. The number of hydrogen-bond acceptors (Lipinski definition) is 5. The molecule has 1 amide bonds. The van der Waals surface area contributed by atoms with Gasteiger partial charge in [-0.1, -0.05) is 13.0 Å². The Morgan fingerprint density at radius 1 is 1.32 bits per heavy atom. The normalized spacial score (nSPS) is 17.3. The lowest BCUT2D eigenvalue weighted by Crippen LogP contribution is -2.48. The maximum Gasteiger partial charge on any atom is 0.257 e. The number of ether oxygens (including phenoxy) is 1. The van der Waals surface area contributed by atoms with Gasteiger partial charge in [0.1, 0.15) is 22.9 Å². The van der Waals surface area contributed by atoms with Crippen molar-refractivity contribution < 1.29 is 28.2 Å². The zero-order valence-electron chi connectivity index (χ0n) is 17.5. The van der Waals surface area contributed by atoms with Gasteiger partial charge < -0.3 is 19.7 Å². The van der Waals surface area contributed by atoms with E-state index in [2.05, 4.69) is 5.32 Å². The first-order chi connectivity index (χ1) is 14.6. The third-order valence-electron chi connectivity index (χ3n) is 5.45. The molecule has 0 bridgehead atoms. The van der Waals surface area contributed by atoms with Crippen molar-refractivity contribution in [2.75, 3.05) is 6.61 Å². The van der Waals surface area contributed by atoms with Gasteiger partial charge >= 0.3 is 0 Å². The number of carbonyl (C=O) groups excluding carboxylic acids is 2. The van der Waals surface area contributed by atoms with Gasteiger partial charge in [0, 0.05) is 31.0 Å². The monoisotopic (exact) mass is 434 g/mol. The smallest absolute Gasteiger partial charge is 0.257 e. The standard InChI is InChI=1S/C22H24F2N2O5/c1-4-7-31-16-11-26-10-14(18(27)19(28)17(26)20(29)22(16,2)3)21(30)25-9-12-5-6-13(23)8-15(12)24/h5-6,8,10,16,28H,4,7,9,11H2,1-3H3,(H,25,30)/t16-/m0/s1. The number of fused-ring (bicyclic) bond motifs is 1. The molecule has 0 fully saturated rings.